The van der Waals surface area contributed by atoms with Crippen molar-refractivity contribution in [2.75, 3.05) is 37.9 Å². The van der Waals surface area contributed by atoms with Gasteiger partial charge in [0.1, 0.15) is 17.2 Å². The lowest BCUT2D eigenvalue weighted by Gasteiger charge is -2.42. The molecule has 2 aliphatic heterocycles. The van der Waals surface area contributed by atoms with E-state index in [1.165, 1.54) is 6.42 Å². The Bertz CT molecular complexity index is 1180. The van der Waals surface area contributed by atoms with Crippen LogP contribution in [-0.4, -0.2) is 48.7 Å². The maximum Gasteiger partial charge on any atom is 0.321 e. The first-order chi connectivity index (χ1) is 17.4. The Balaban J connectivity index is 1.29. The number of likely N-dealkylation sites (tertiary alicyclic amines) is 1. The first kappa shape index (κ1) is 24.2. The molecule has 3 heterocycles. The third kappa shape index (κ3) is 4.92. The molecule has 9 nitrogen and oxygen atoms in total. The van der Waals surface area contributed by atoms with Gasteiger partial charge in [-0.1, -0.05) is 19.3 Å². The van der Waals surface area contributed by atoms with Gasteiger partial charge >= 0.3 is 6.03 Å². The van der Waals surface area contributed by atoms with Gasteiger partial charge in [0.2, 0.25) is 5.91 Å². The number of hydrogen-bond acceptors (Lipinski definition) is 5. The lowest BCUT2D eigenvalue weighted by atomic mass is 9.83. The molecule has 2 bridgehead atoms. The summed E-state index contributed by atoms with van der Waals surface area (Å²) < 4.78 is 12.4. The number of anilines is 2. The second-order valence-electron chi connectivity index (χ2n) is 10.1. The Morgan fingerprint density at radius 1 is 0.917 bits per heavy atom. The zero-order chi connectivity index (χ0) is 25.2. The van der Waals surface area contributed by atoms with E-state index in [2.05, 4.69) is 10.6 Å². The lowest BCUT2D eigenvalue weighted by molar-refractivity contribution is -0.120. The molecule has 2 N–H and O–H groups in total. The monoisotopic (exact) mass is 494 g/mol. The molecule has 5 rings (SSSR count). The van der Waals surface area contributed by atoms with E-state index < -0.39 is 0 Å². The Morgan fingerprint density at radius 2 is 1.64 bits per heavy atom. The fourth-order valence-corrected chi connectivity index (χ4v) is 5.89. The molecule has 0 unspecified atom stereocenters. The average Bonchev–Trinajstić information content (AvgIpc) is 2.90. The Kier molecular flexibility index (Phi) is 6.89. The number of nitrogens with one attached hydrogen (secondary N) is 2. The number of fused-ring (bicyclic) bond motifs is 4. The van der Waals surface area contributed by atoms with Crippen molar-refractivity contribution in [3.8, 4) is 11.5 Å². The van der Waals surface area contributed by atoms with E-state index >= 15 is 0 Å². The first-order valence-corrected chi connectivity index (χ1v) is 12.8. The van der Waals surface area contributed by atoms with Gasteiger partial charge in [-0.05, 0) is 37.3 Å². The molecule has 3 aliphatic rings. The largest absolute Gasteiger partial charge is 0.497 e. The molecular weight excluding hydrogens is 460 g/mol. The zero-order valence-corrected chi connectivity index (χ0v) is 20.9. The number of carbonyl (C=O) groups is 2. The van der Waals surface area contributed by atoms with Crippen molar-refractivity contribution in [1.29, 1.82) is 0 Å². The second-order valence-corrected chi connectivity index (χ2v) is 10.1. The van der Waals surface area contributed by atoms with Gasteiger partial charge in [-0.3, -0.25) is 9.59 Å². The highest BCUT2D eigenvalue weighted by atomic mass is 16.5. The summed E-state index contributed by atoms with van der Waals surface area (Å²) in [6, 6.07) is 8.74. The summed E-state index contributed by atoms with van der Waals surface area (Å²) in [4.78, 5) is 40.9. The maximum atomic E-state index is 13.3. The van der Waals surface area contributed by atoms with Gasteiger partial charge < -0.3 is 29.6 Å². The van der Waals surface area contributed by atoms with E-state index in [1.54, 1.807) is 43.1 Å². The van der Waals surface area contributed by atoms with E-state index in [9.17, 15) is 14.4 Å². The first-order valence-electron chi connectivity index (χ1n) is 12.8. The summed E-state index contributed by atoms with van der Waals surface area (Å²) in [5.74, 6) is 1.39. The van der Waals surface area contributed by atoms with Crippen LogP contribution in [0.5, 0.6) is 11.5 Å². The van der Waals surface area contributed by atoms with Crippen molar-refractivity contribution < 1.29 is 19.1 Å². The van der Waals surface area contributed by atoms with Crippen LogP contribution in [0, 0.1) is 11.8 Å². The van der Waals surface area contributed by atoms with Crippen molar-refractivity contribution in [2.45, 2.75) is 51.0 Å². The molecule has 2 aromatic rings. The van der Waals surface area contributed by atoms with Crippen LogP contribution < -0.4 is 25.7 Å². The predicted octanol–water partition coefficient (Wildman–Crippen LogP) is 4.04. The summed E-state index contributed by atoms with van der Waals surface area (Å²) in [5.41, 5.74) is 1.73. The molecule has 2 atom stereocenters. The molecule has 9 heteroatoms. The van der Waals surface area contributed by atoms with Crippen LogP contribution in [0.25, 0.3) is 0 Å². The molecule has 0 spiro atoms. The second kappa shape index (κ2) is 10.2. The molecule has 192 valence electrons. The molecule has 36 heavy (non-hydrogen) atoms. The normalized spacial score (nSPS) is 21.3. The van der Waals surface area contributed by atoms with E-state index in [0.717, 1.165) is 37.8 Å². The topological polar surface area (TPSA) is 102 Å². The van der Waals surface area contributed by atoms with Crippen molar-refractivity contribution >= 4 is 23.3 Å². The summed E-state index contributed by atoms with van der Waals surface area (Å²) in [6.07, 6.45) is 6.03. The summed E-state index contributed by atoms with van der Waals surface area (Å²) in [7, 11) is 3.14. The molecule has 2 fully saturated rings. The Labute approximate surface area is 210 Å². The number of aromatic nitrogens is 1. The number of carbonyl (C=O) groups excluding carboxylic acids is 2. The smallest absolute Gasteiger partial charge is 0.321 e. The van der Waals surface area contributed by atoms with Gasteiger partial charge in [0.05, 0.1) is 14.2 Å². The molecular formula is C27H34N4O5. The van der Waals surface area contributed by atoms with Crippen LogP contribution in [0.4, 0.5) is 16.2 Å². The minimum Gasteiger partial charge on any atom is -0.497 e. The molecule has 1 aromatic heterocycles. The highest BCUT2D eigenvalue weighted by Gasteiger charge is 2.37. The van der Waals surface area contributed by atoms with Gasteiger partial charge in [-0.2, -0.15) is 0 Å². The Morgan fingerprint density at radius 3 is 2.33 bits per heavy atom. The van der Waals surface area contributed by atoms with Crippen LogP contribution in [0.15, 0.2) is 35.1 Å². The fourth-order valence-electron chi connectivity index (χ4n) is 5.89. The predicted molar refractivity (Wildman–Crippen MR) is 137 cm³/mol. The number of nitrogens with zero attached hydrogens (tertiary/aromatic N) is 2. The minimum atomic E-state index is -0.188. The maximum absolute atomic E-state index is 13.3. The molecule has 1 aliphatic carbocycles. The Hall–Kier alpha value is -3.49. The van der Waals surface area contributed by atoms with Gasteiger partial charge in [0.15, 0.2) is 0 Å². The van der Waals surface area contributed by atoms with Crippen molar-refractivity contribution in [3.05, 3.63) is 46.4 Å². The minimum absolute atomic E-state index is 0.00446. The number of ether oxygens (including phenoxy) is 2. The third-order valence-corrected chi connectivity index (χ3v) is 7.73. The van der Waals surface area contributed by atoms with Crippen LogP contribution in [0.2, 0.25) is 0 Å². The summed E-state index contributed by atoms with van der Waals surface area (Å²) in [6.45, 7) is 1.62. The van der Waals surface area contributed by atoms with Gasteiger partial charge in [-0.25, -0.2) is 4.79 Å². The number of pyridine rings is 1. The number of hydrogen-bond donors (Lipinski definition) is 2. The molecule has 1 saturated heterocycles. The van der Waals surface area contributed by atoms with Crippen molar-refractivity contribution in [2.24, 2.45) is 11.8 Å². The van der Waals surface area contributed by atoms with E-state index in [1.807, 2.05) is 11.0 Å². The van der Waals surface area contributed by atoms with Crippen molar-refractivity contribution in [1.82, 2.24) is 9.47 Å². The molecule has 1 aromatic carbocycles. The lowest BCUT2D eigenvalue weighted by Crippen LogP contribution is -2.50. The quantitative estimate of drug-likeness (QED) is 0.653. The SMILES string of the molecule is COc1cc(NC(=O)N2C[C@@H]3C[C@H](C2)c2ccc(NC(=O)C4CCCCC4)c(=O)n2C3)cc(OC)c1. The number of rotatable bonds is 5. The average molecular weight is 495 g/mol. The summed E-state index contributed by atoms with van der Waals surface area (Å²) >= 11 is 0. The van der Waals surface area contributed by atoms with Crippen LogP contribution in [0.1, 0.15) is 50.1 Å². The van der Waals surface area contributed by atoms with Crippen LogP contribution in [0.3, 0.4) is 0 Å². The van der Waals surface area contributed by atoms with E-state index in [4.69, 9.17) is 9.47 Å². The van der Waals surface area contributed by atoms with Gasteiger partial charge in [-0.15, -0.1) is 0 Å². The van der Waals surface area contributed by atoms with Crippen LogP contribution >= 0.6 is 0 Å². The molecule has 3 amide bonds. The van der Waals surface area contributed by atoms with Gasteiger partial charge in [0, 0.05) is 61.1 Å². The molecule has 1 saturated carbocycles. The van der Waals surface area contributed by atoms with Gasteiger partial charge in [0.25, 0.3) is 5.56 Å². The highest BCUT2D eigenvalue weighted by molar-refractivity contribution is 5.92. The van der Waals surface area contributed by atoms with Crippen molar-refractivity contribution in [3.63, 3.8) is 0 Å². The highest BCUT2D eigenvalue weighted by Crippen LogP contribution is 2.36. The zero-order valence-electron chi connectivity index (χ0n) is 20.9. The number of methoxy groups -OCH3 is 2. The standard InChI is InChI=1S/C27H34N4O5/c1-35-21-11-20(12-22(13-21)36-2)28-27(34)30-14-17-10-19(16-30)24-9-8-23(26(33)31(24)15-17)29-25(32)18-6-4-3-5-7-18/h8-9,11-13,17-19H,3-7,10,14-16H2,1-2H3,(H,28,34)(H,29,32)/t17-,19+/m0/s1. The van der Waals surface area contributed by atoms with E-state index in [-0.39, 0.29) is 35.3 Å². The molecule has 0 radical (unpaired) electrons. The fraction of sp³-hybridized carbons (Fsp3) is 0.519. The number of piperidine rings is 1. The van der Waals surface area contributed by atoms with Crippen LogP contribution in [-0.2, 0) is 11.3 Å². The number of benzene rings is 1. The number of urea groups is 1. The number of amides is 3. The third-order valence-electron chi connectivity index (χ3n) is 7.73. The van der Waals surface area contributed by atoms with E-state index in [0.29, 0.717) is 42.5 Å². The summed E-state index contributed by atoms with van der Waals surface area (Å²) in [5, 5.41) is 5.86.